The highest BCUT2D eigenvalue weighted by Gasteiger charge is 2.33. The third-order valence-corrected chi connectivity index (χ3v) is 5.24. The Kier molecular flexibility index (Phi) is 3.69. The average molecular weight is 295 g/mol. The summed E-state index contributed by atoms with van der Waals surface area (Å²) < 4.78 is 0. The Morgan fingerprint density at radius 3 is 2.45 bits per heavy atom. The number of anilines is 1. The molecule has 0 atom stereocenters. The summed E-state index contributed by atoms with van der Waals surface area (Å²) >= 11 is 1.35. The zero-order valence-corrected chi connectivity index (χ0v) is 12.8. The predicted octanol–water partition coefficient (Wildman–Crippen LogP) is 2.25. The molecule has 1 saturated carbocycles. The highest BCUT2D eigenvalue weighted by atomic mass is 32.1. The van der Waals surface area contributed by atoms with Gasteiger partial charge in [0, 0.05) is 38.1 Å². The molecule has 0 bridgehead atoms. The normalized spacial score (nSPS) is 20.6. The standard InChI is InChI=1S/C14H21N3O2S/c1-9(2)16-5-7-17(8-6-16)14-15-11(10-3-4-10)12(20-14)13(18)19/h9-10H,3-8H2,1-2H3,(H,18,19). The summed E-state index contributed by atoms with van der Waals surface area (Å²) in [4.78, 5) is 21.1. The first-order valence-electron chi connectivity index (χ1n) is 7.29. The van der Waals surface area contributed by atoms with E-state index in [0.717, 1.165) is 49.8 Å². The molecule has 0 spiro atoms. The zero-order chi connectivity index (χ0) is 14.3. The SMILES string of the molecule is CC(C)N1CCN(c2nc(C3CC3)c(C(=O)O)s2)CC1. The molecule has 0 radical (unpaired) electrons. The third-order valence-electron chi connectivity index (χ3n) is 4.12. The number of carboxylic acids is 1. The molecule has 110 valence electrons. The minimum absolute atomic E-state index is 0.392. The molecule has 2 aliphatic rings. The molecule has 0 unspecified atom stereocenters. The summed E-state index contributed by atoms with van der Waals surface area (Å²) in [5.74, 6) is -0.431. The van der Waals surface area contributed by atoms with Crippen molar-refractivity contribution in [2.45, 2.75) is 38.6 Å². The summed E-state index contributed by atoms with van der Waals surface area (Å²) in [7, 11) is 0. The van der Waals surface area contributed by atoms with Crippen LogP contribution in [0.3, 0.4) is 0 Å². The molecule has 6 heteroatoms. The Labute approximate surface area is 123 Å². The molecule has 0 aromatic carbocycles. The van der Waals surface area contributed by atoms with Gasteiger partial charge in [-0.2, -0.15) is 0 Å². The summed E-state index contributed by atoms with van der Waals surface area (Å²) in [6.07, 6.45) is 2.18. The second-order valence-corrected chi connectivity index (χ2v) is 6.88. The average Bonchev–Trinajstić information content (AvgIpc) is 3.17. The molecule has 1 aliphatic heterocycles. The second-order valence-electron chi connectivity index (χ2n) is 5.91. The van der Waals surface area contributed by atoms with Crippen LogP contribution >= 0.6 is 11.3 Å². The van der Waals surface area contributed by atoms with Gasteiger partial charge in [0.25, 0.3) is 0 Å². The lowest BCUT2D eigenvalue weighted by molar-refractivity contribution is 0.0700. The van der Waals surface area contributed by atoms with Gasteiger partial charge in [0.05, 0.1) is 5.69 Å². The lowest BCUT2D eigenvalue weighted by Gasteiger charge is -2.36. The van der Waals surface area contributed by atoms with Gasteiger partial charge in [-0.3, -0.25) is 4.90 Å². The van der Waals surface area contributed by atoms with E-state index in [2.05, 4.69) is 28.6 Å². The number of thiazole rings is 1. The molecule has 1 N–H and O–H groups in total. The van der Waals surface area contributed by atoms with Gasteiger partial charge in [0.15, 0.2) is 5.13 Å². The van der Waals surface area contributed by atoms with Crippen molar-refractivity contribution in [1.29, 1.82) is 0 Å². The molecular formula is C14H21N3O2S. The van der Waals surface area contributed by atoms with Crippen molar-refractivity contribution in [1.82, 2.24) is 9.88 Å². The van der Waals surface area contributed by atoms with Crippen LogP contribution in [0.5, 0.6) is 0 Å². The summed E-state index contributed by atoms with van der Waals surface area (Å²) in [5.41, 5.74) is 0.823. The Hall–Kier alpha value is -1.14. The molecule has 1 aromatic heterocycles. The Balaban J connectivity index is 1.75. The highest BCUT2D eigenvalue weighted by molar-refractivity contribution is 7.17. The molecule has 3 rings (SSSR count). The molecule has 1 aliphatic carbocycles. The third kappa shape index (κ3) is 2.67. The highest BCUT2D eigenvalue weighted by Crippen LogP contribution is 2.44. The van der Waals surface area contributed by atoms with E-state index in [4.69, 9.17) is 0 Å². The summed E-state index contributed by atoms with van der Waals surface area (Å²) in [6.45, 7) is 8.36. The Bertz CT molecular complexity index is 503. The zero-order valence-electron chi connectivity index (χ0n) is 12.0. The van der Waals surface area contributed by atoms with E-state index in [1.807, 2.05) is 0 Å². The van der Waals surface area contributed by atoms with Crippen LogP contribution in [0.4, 0.5) is 5.13 Å². The van der Waals surface area contributed by atoms with Crippen LogP contribution in [-0.2, 0) is 0 Å². The van der Waals surface area contributed by atoms with Crippen LogP contribution in [0.15, 0.2) is 0 Å². The largest absolute Gasteiger partial charge is 0.477 e. The number of nitrogens with zero attached hydrogens (tertiary/aromatic N) is 3. The van der Waals surface area contributed by atoms with Gasteiger partial charge in [-0.1, -0.05) is 11.3 Å². The van der Waals surface area contributed by atoms with Crippen LogP contribution in [0.25, 0.3) is 0 Å². The molecule has 20 heavy (non-hydrogen) atoms. The minimum atomic E-state index is -0.823. The van der Waals surface area contributed by atoms with Crippen molar-refractivity contribution in [3.05, 3.63) is 10.6 Å². The second kappa shape index (κ2) is 5.33. The molecule has 5 nitrogen and oxygen atoms in total. The number of aromatic carboxylic acids is 1. The number of piperazine rings is 1. The lowest BCUT2D eigenvalue weighted by atomic mass is 10.2. The summed E-state index contributed by atoms with van der Waals surface area (Å²) in [6, 6.07) is 0.574. The number of hydrogen-bond donors (Lipinski definition) is 1. The first-order valence-corrected chi connectivity index (χ1v) is 8.11. The van der Waals surface area contributed by atoms with Crippen LogP contribution in [0.2, 0.25) is 0 Å². The van der Waals surface area contributed by atoms with Crippen molar-refractivity contribution in [3.8, 4) is 0 Å². The van der Waals surface area contributed by atoms with E-state index < -0.39 is 5.97 Å². The fourth-order valence-electron chi connectivity index (χ4n) is 2.67. The van der Waals surface area contributed by atoms with Gasteiger partial charge in [0.1, 0.15) is 4.88 Å². The van der Waals surface area contributed by atoms with E-state index in [-0.39, 0.29) is 0 Å². The smallest absolute Gasteiger partial charge is 0.347 e. The first-order chi connectivity index (χ1) is 9.56. The molecular weight excluding hydrogens is 274 g/mol. The van der Waals surface area contributed by atoms with Crippen LogP contribution < -0.4 is 4.90 Å². The maximum Gasteiger partial charge on any atom is 0.347 e. The van der Waals surface area contributed by atoms with Crippen molar-refractivity contribution < 1.29 is 9.90 Å². The Morgan fingerprint density at radius 2 is 1.95 bits per heavy atom. The maximum atomic E-state index is 11.3. The fourth-order valence-corrected chi connectivity index (χ4v) is 3.71. The van der Waals surface area contributed by atoms with Gasteiger partial charge in [-0.05, 0) is 26.7 Å². The van der Waals surface area contributed by atoms with Crippen LogP contribution in [0, 0.1) is 0 Å². The van der Waals surface area contributed by atoms with E-state index in [9.17, 15) is 9.90 Å². The van der Waals surface area contributed by atoms with Gasteiger partial charge in [-0.25, -0.2) is 9.78 Å². The monoisotopic (exact) mass is 295 g/mol. The van der Waals surface area contributed by atoms with Crippen molar-refractivity contribution in [3.63, 3.8) is 0 Å². The first kappa shape index (κ1) is 13.8. The molecule has 2 heterocycles. The van der Waals surface area contributed by atoms with E-state index in [1.165, 1.54) is 11.3 Å². The Morgan fingerprint density at radius 1 is 1.30 bits per heavy atom. The van der Waals surface area contributed by atoms with E-state index >= 15 is 0 Å². The topological polar surface area (TPSA) is 56.7 Å². The van der Waals surface area contributed by atoms with E-state index in [1.54, 1.807) is 0 Å². The molecule has 0 amide bonds. The van der Waals surface area contributed by atoms with Gasteiger partial charge in [-0.15, -0.1) is 0 Å². The van der Waals surface area contributed by atoms with Crippen LogP contribution in [0.1, 0.15) is 48.0 Å². The minimum Gasteiger partial charge on any atom is -0.477 e. The molecule has 1 aromatic rings. The van der Waals surface area contributed by atoms with Crippen molar-refractivity contribution in [2.24, 2.45) is 0 Å². The number of rotatable bonds is 4. The van der Waals surface area contributed by atoms with E-state index in [0.29, 0.717) is 16.8 Å². The summed E-state index contributed by atoms with van der Waals surface area (Å²) in [5, 5.41) is 10.2. The molecule has 2 fully saturated rings. The van der Waals surface area contributed by atoms with Crippen molar-refractivity contribution in [2.75, 3.05) is 31.1 Å². The van der Waals surface area contributed by atoms with Crippen LogP contribution in [-0.4, -0.2) is 53.2 Å². The predicted molar refractivity (Wildman–Crippen MR) is 80.0 cm³/mol. The van der Waals surface area contributed by atoms with Gasteiger partial charge < -0.3 is 10.0 Å². The van der Waals surface area contributed by atoms with Crippen molar-refractivity contribution >= 4 is 22.4 Å². The van der Waals surface area contributed by atoms with Gasteiger partial charge >= 0.3 is 5.97 Å². The van der Waals surface area contributed by atoms with Gasteiger partial charge in [0.2, 0.25) is 0 Å². The number of carbonyl (C=O) groups is 1. The lowest BCUT2D eigenvalue weighted by Crippen LogP contribution is -2.48. The number of hydrogen-bond acceptors (Lipinski definition) is 5. The fraction of sp³-hybridized carbons (Fsp3) is 0.714. The maximum absolute atomic E-state index is 11.3. The molecule has 1 saturated heterocycles. The number of aromatic nitrogens is 1. The number of carboxylic acid groups (broad SMARTS) is 1. The quantitative estimate of drug-likeness (QED) is 0.923.